The van der Waals surface area contributed by atoms with Gasteiger partial charge in [-0.25, -0.2) is 0 Å². The van der Waals surface area contributed by atoms with Gasteiger partial charge in [0.05, 0.1) is 16.4 Å². The van der Waals surface area contributed by atoms with Crippen molar-refractivity contribution >= 4 is 53.4 Å². The molecule has 1 aromatic heterocycles. The molecule has 0 bridgehead atoms. The van der Waals surface area contributed by atoms with Gasteiger partial charge in [-0.05, 0) is 50.1 Å². The molecule has 0 aliphatic rings. The van der Waals surface area contributed by atoms with E-state index in [9.17, 15) is 17.8 Å². The van der Waals surface area contributed by atoms with Gasteiger partial charge < -0.3 is 5.73 Å². The SMILES string of the molecule is Nc1ccc(S(=O)(=O)O)c(Nn2ncc(Br)c(Br)c2=O)c1. The fraction of sp³-hybridized carbons (Fsp3) is 0. The van der Waals surface area contributed by atoms with Gasteiger partial charge in [0.2, 0.25) is 0 Å². The molecule has 21 heavy (non-hydrogen) atoms. The zero-order chi connectivity index (χ0) is 15.8. The molecular formula is C10H8Br2N4O4S. The molecule has 0 spiro atoms. The molecular weight excluding hydrogens is 432 g/mol. The van der Waals surface area contributed by atoms with Gasteiger partial charge >= 0.3 is 5.56 Å². The molecule has 0 aliphatic carbocycles. The minimum Gasteiger partial charge on any atom is -0.399 e. The average molecular weight is 440 g/mol. The summed E-state index contributed by atoms with van der Waals surface area (Å²) in [5.41, 5.74) is 7.66. The van der Waals surface area contributed by atoms with Crippen molar-refractivity contribution in [2.45, 2.75) is 4.90 Å². The van der Waals surface area contributed by atoms with Gasteiger partial charge in [-0.1, -0.05) is 0 Å². The molecule has 1 aromatic carbocycles. The summed E-state index contributed by atoms with van der Waals surface area (Å²) in [6.07, 6.45) is 1.33. The van der Waals surface area contributed by atoms with E-state index in [-0.39, 0.29) is 15.8 Å². The number of nitrogen functional groups attached to an aromatic ring is 1. The molecule has 0 aliphatic heterocycles. The first-order valence-electron chi connectivity index (χ1n) is 5.27. The molecule has 112 valence electrons. The minimum atomic E-state index is -4.48. The molecule has 0 unspecified atom stereocenters. The Balaban J connectivity index is 2.57. The molecule has 0 amide bonds. The fourth-order valence-corrected chi connectivity index (χ4v) is 2.62. The second-order valence-electron chi connectivity index (χ2n) is 3.87. The van der Waals surface area contributed by atoms with E-state index in [4.69, 9.17) is 5.73 Å². The number of hydrogen-bond acceptors (Lipinski definition) is 6. The molecule has 2 rings (SSSR count). The normalized spacial score (nSPS) is 11.4. The molecule has 0 radical (unpaired) electrons. The third kappa shape index (κ3) is 3.43. The fourth-order valence-electron chi connectivity index (χ4n) is 1.47. The number of rotatable bonds is 3. The Hall–Kier alpha value is -1.43. The van der Waals surface area contributed by atoms with E-state index in [0.717, 1.165) is 10.9 Å². The summed E-state index contributed by atoms with van der Waals surface area (Å²) in [4.78, 5) is 12.3. The number of nitrogens with one attached hydrogen (secondary N) is 1. The summed E-state index contributed by atoms with van der Waals surface area (Å²) in [5.74, 6) is 0. The van der Waals surface area contributed by atoms with Crippen LogP contribution in [0.15, 0.2) is 43.0 Å². The summed E-state index contributed by atoms with van der Waals surface area (Å²) in [6.45, 7) is 0. The van der Waals surface area contributed by atoms with Crippen LogP contribution in [-0.2, 0) is 10.1 Å². The van der Waals surface area contributed by atoms with Crippen molar-refractivity contribution in [3.63, 3.8) is 0 Å². The Morgan fingerprint density at radius 3 is 2.62 bits per heavy atom. The van der Waals surface area contributed by atoms with Crippen molar-refractivity contribution in [3.8, 4) is 0 Å². The first kappa shape index (κ1) is 15.9. The van der Waals surface area contributed by atoms with Gasteiger partial charge in [0.25, 0.3) is 10.1 Å². The van der Waals surface area contributed by atoms with Gasteiger partial charge in [0.15, 0.2) is 0 Å². The Bertz CT molecular complexity index is 866. The van der Waals surface area contributed by atoms with E-state index < -0.39 is 20.6 Å². The molecule has 0 saturated heterocycles. The second-order valence-corrected chi connectivity index (χ2v) is 6.90. The van der Waals surface area contributed by atoms with Crippen LogP contribution in [0.1, 0.15) is 0 Å². The first-order chi connectivity index (χ1) is 9.70. The van der Waals surface area contributed by atoms with E-state index in [1.165, 1.54) is 18.3 Å². The number of nitrogens with zero attached hydrogens (tertiary/aromatic N) is 2. The molecule has 1 heterocycles. The molecule has 8 nitrogen and oxygen atoms in total. The van der Waals surface area contributed by atoms with Gasteiger partial charge in [-0.15, -0.1) is 4.79 Å². The molecule has 0 saturated carbocycles. The molecule has 0 fully saturated rings. The summed E-state index contributed by atoms with van der Waals surface area (Å²) < 4.78 is 32.4. The molecule has 4 N–H and O–H groups in total. The summed E-state index contributed by atoms with van der Waals surface area (Å²) >= 11 is 6.18. The lowest BCUT2D eigenvalue weighted by Gasteiger charge is -2.12. The highest BCUT2D eigenvalue weighted by atomic mass is 79.9. The maximum Gasteiger partial charge on any atom is 0.301 e. The maximum absolute atomic E-state index is 12.0. The topological polar surface area (TPSA) is 127 Å². The predicted molar refractivity (Wildman–Crippen MR) is 83.6 cm³/mol. The Morgan fingerprint density at radius 1 is 1.33 bits per heavy atom. The summed E-state index contributed by atoms with van der Waals surface area (Å²) in [7, 11) is -4.48. The van der Waals surface area contributed by atoms with Crippen LogP contribution >= 0.6 is 31.9 Å². The lowest BCUT2D eigenvalue weighted by atomic mass is 10.3. The second kappa shape index (κ2) is 5.75. The smallest absolute Gasteiger partial charge is 0.301 e. The Kier molecular flexibility index (Phi) is 4.37. The van der Waals surface area contributed by atoms with Gasteiger partial charge in [-0.3, -0.25) is 14.8 Å². The van der Waals surface area contributed by atoms with Crippen LogP contribution in [0.2, 0.25) is 0 Å². The first-order valence-corrected chi connectivity index (χ1v) is 8.30. The van der Waals surface area contributed by atoms with Crippen LogP contribution in [-0.4, -0.2) is 22.9 Å². The predicted octanol–water partition coefficient (Wildman–Crippen LogP) is 1.47. The summed E-state index contributed by atoms with van der Waals surface area (Å²) in [5, 5.41) is 3.79. The van der Waals surface area contributed by atoms with E-state index >= 15 is 0 Å². The highest BCUT2D eigenvalue weighted by molar-refractivity contribution is 9.13. The molecule has 2 aromatic rings. The highest BCUT2D eigenvalue weighted by Crippen LogP contribution is 2.24. The lowest BCUT2D eigenvalue weighted by molar-refractivity contribution is 0.483. The van der Waals surface area contributed by atoms with E-state index in [0.29, 0.717) is 4.47 Å². The van der Waals surface area contributed by atoms with Crippen molar-refractivity contribution < 1.29 is 13.0 Å². The molecule has 0 atom stereocenters. The highest BCUT2D eigenvalue weighted by Gasteiger charge is 2.17. The Morgan fingerprint density at radius 2 is 2.00 bits per heavy atom. The standard InChI is InChI=1S/C10H8Br2N4O4S/c11-6-4-14-16(10(17)9(6)12)15-7-3-5(13)1-2-8(7)21(18,19)20/h1-4,15H,13H2,(H,18,19,20). The minimum absolute atomic E-state index is 0.0821. The largest absolute Gasteiger partial charge is 0.399 e. The van der Waals surface area contributed by atoms with Crippen molar-refractivity contribution in [1.82, 2.24) is 9.89 Å². The quantitative estimate of drug-likeness (QED) is 0.488. The molecule has 11 heteroatoms. The van der Waals surface area contributed by atoms with Gasteiger partial charge in [0, 0.05) is 5.69 Å². The number of nitrogens with two attached hydrogens (primary N) is 1. The zero-order valence-corrected chi connectivity index (χ0v) is 14.1. The number of benzene rings is 1. The maximum atomic E-state index is 12.0. The van der Waals surface area contributed by atoms with Gasteiger partial charge in [-0.2, -0.15) is 13.5 Å². The lowest BCUT2D eigenvalue weighted by Crippen LogP contribution is -2.30. The van der Waals surface area contributed by atoms with Crippen LogP contribution in [0.3, 0.4) is 0 Å². The zero-order valence-electron chi connectivity index (χ0n) is 10.1. The number of anilines is 2. The van der Waals surface area contributed by atoms with Crippen molar-refractivity contribution in [2.24, 2.45) is 0 Å². The van der Waals surface area contributed by atoms with Crippen LogP contribution in [0.5, 0.6) is 0 Å². The van der Waals surface area contributed by atoms with Crippen LogP contribution in [0, 0.1) is 0 Å². The third-order valence-corrected chi connectivity index (χ3v) is 5.20. The monoisotopic (exact) mass is 438 g/mol. The van der Waals surface area contributed by atoms with Gasteiger partial charge in [0.1, 0.15) is 9.37 Å². The van der Waals surface area contributed by atoms with Crippen LogP contribution in [0.25, 0.3) is 0 Å². The number of hydrogen-bond donors (Lipinski definition) is 3. The third-order valence-electron chi connectivity index (χ3n) is 2.38. The summed E-state index contributed by atoms with van der Waals surface area (Å²) in [6, 6.07) is 3.68. The van der Waals surface area contributed by atoms with Crippen molar-refractivity contribution in [2.75, 3.05) is 11.2 Å². The van der Waals surface area contributed by atoms with E-state index in [1.807, 2.05) is 0 Å². The van der Waals surface area contributed by atoms with Crippen LogP contribution < -0.4 is 16.7 Å². The van der Waals surface area contributed by atoms with E-state index in [2.05, 4.69) is 42.4 Å². The van der Waals surface area contributed by atoms with Crippen molar-refractivity contribution in [1.29, 1.82) is 0 Å². The number of aromatic nitrogens is 2. The van der Waals surface area contributed by atoms with Crippen LogP contribution in [0.4, 0.5) is 11.4 Å². The average Bonchev–Trinajstić information content (AvgIpc) is 2.38. The van der Waals surface area contributed by atoms with Crippen molar-refractivity contribution in [3.05, 3.63) is 43.7 Å². The Labute approximate surface area is 135 Å². The van der Waals surface area contributed by atoms with E-state index in [1.54, 1.807) is 0 Å². The number of halogens is 2.